The Kier molecular flexibility index (Phi) is 4.01. The van der Waals surface area contributed by atoms with Gasteiger partial charge in [0.05, 0.1) is 16.0 Å². The first-order chi connectivity index (χ1) is 8.97. The third kappa shape index (κ3) is 3.21. The third-order valence-electron chi connectivity index (χ3n) is 2.24. The van der Waals surface area contributed by atoms with Crippen molar-refractivity contribution >= 4 is 33.2 Å². The van der Waals surface area contributed by atoms with Crippen LogP contribution in [0.4, 0.5) is 10.1 Å². The fraction of sp³-hybridized carbons (Fsp3) is 0. The van der Waals surface area contributed by atoms with Gasteiger partial charge in [-0.3, -0.25) is 10.1 Å². The van der Waals surface area contributed by atoms with E-state index < -0.39 is 16.4 Å². The Balaban J connectivity index is 2.41. The maximum atomic E-state index is 13.2. The standard InChI is InChI=1S/C12H6BrClFNO3/c13-7-1-3-8(4-2-7)19-12-5-9(14)10(15)6-11(12)16(17)18/h1-6H. The van der Waals surface area contributed by atoms with E-state index in [4.69, 9.17) is 16.3 Å². The maximum absolute atomic E-state index is 13.2. The minimum absolute atomic E-state index is 0.112. The lowest BCUT2D eigenvalue weighted by atomic mass is 10.3. The van der Waals surface area contributed by atoms with Gasteiger partial charge in [-0.05, 0) is 24.3 Å². The Hall–Kier alpha value is -1.66. The van der Waals surface area contributed by atoms with E-state index in [1.165, 1.54) is 0 Å². The molecule has 0 aliphatic rings. The number of hydrogen-bond donors (Lipinski definition) is 0. The molecular formula is C12H6BrClFNO3. The Bertz CT molecular complexity index is 634. The Morgan fingerprint density at radius 1 is 1.26 bits per heavy atom. The van der Waals surface area contributed by atoms with E-state index in [-0.39, 0.29) is 10.8 Å². The summed E-state index contributed by atoms with van der Waals surface area (Å²) in [6.45, 7) is 0. The summed E-state index contributed by atoms with van der Waals surface area (Å²) in [6.07, 6.45) is 0. The maximum Gasteiger partial charge on any atom is 0.314 e. The lowest BCUT2D eigenvalue weighted by molar-refractivity contribution is -0.385. The van der Waals surface area contributed by atoms with E-state index in [0.29, 0.717) is 5.75 Å². The average molecular weight is 347 g/mol. The van der Waals surface area contributed by atoms with E-state index in [1.807, 2.05) is 0 Å². The molecule has 0 unspecified atom stereocenters. The molecule has 0 N–H and O–H groups in total. The highest BCUT2D eigenvalue weighted by atomic mass is 79.9. The lowest BCUT2D eigenvalue weighted by Crippen LogP contribution is -1.95. The number of nitrogens with zero attached hydrogens (tertiary/aromatic N) is 1. The van der Waals surface area contributed by atoms with E-state index in [1.54, 1.807) is 24.3 Å². The molecule has 0 saturated carbocycles. The van der Waals surface area contributed by atoms with Gasteiger partial charge in [0.15, 0.2) is 0 Å². The van der Waals surface area contributed by atoms with Gasteiger partial charge in [-0.25, -0.2) is 4.39 Å². The van der Waals surface area contributed by atoms with Crippen LogP contribution in [-0.2, 0) is 0 Å². The zero-order chi connectivity index (χ0) is 14.0. The first kappa shape index (κ1) is 13.8. The lowest BCUT2D eigenvalue weighted by Gasteiger charge is -2.07. The molecular weight excluding hydrogens is 340 g/mol. The molecule has 7 heteroatoms. The molecule has 0 bridgehead atoms. The van der Waals surface area contributed by atoms with Gasteiger partial charge in [0.2, 0.25) is 5.75 Å². The van der Waals surface area contributed by atoms with Crippen LogP contribution in [0.5, 0.6) is 11.5 Å². The number of halogens is 3. The highest BCUT2D eigenvalue weighted by Crippen LogP contribution is 2.35. The second-order valence-corrected chi connectivity index (χ2v) is 4.87. The molecule has 2 aromatic rings. The summed E-state index contributed by atoms with van der Waals surface area (Å²) >= 11 is 8.85. The summed E-state index contributed by atoms with van der Waals surface area (Å²) in [7, 11) is 0. The van der Waals surface area contributed by atoms with Crippen molar-refractivity contribution in [1.82, 2.24) is 0 Å². The summed E-state index contributed by atoms with van der Waals surface area (Å²) in [5.41, 5.74) is -0.482. The van der Waals surface area contributed by atoms with Crippen molar-refractivity contribution in [2.24, 2.45) is 0 Å². The first-order valence-electron chi connectivity index (χ1n) is 5.04. The molecule has 0 radical (unpaired) electrons. The van der Waals surface area contributed by atoms with Crippen molar-refractivity contribution in [3.8, 4) is 11.5 Å². The molecule has 0 saturated heterocycles. The third-order valence-corrected chi connectivity index (χ3v) is 3.06. The predicted octanol–water partition coefficient (Wildman–Crippen LogP) is 4.94. The number of rotatable bonds is 3. The normalized spacial score (nSPS) is 10.3. The molecule has 4 nitrogen and oxygen atoms in total. The van der Waals surface area contributed by atoms with Crippen molar-refractivity contribution in [3.05, 3.63) is 61.8 Å². The molecule has 0 aliphatic heterocycles. The van der Waals surface area contributed by atoms with Gasteiger partial charge in [0.25, 0.3) is 0 Å². The van der Waals surface area contributed by atoms with Crippen LogP contribution < -0.4 is 4.74 Å². The highest BCUT2D eigenvalue weighted by molar-refractivity contribution is 9.10. The second kappa shape index (κ2) is 5.54. The van der Waals surface area contributed by atoms with Crippen molar-refractivity contribution in [2.45, 2.75) is 0 Å². The van der Waals surface area contributed by atoms with Crippen LogP contribution in [0.2, 0.25) is 5.02 Å². The summed E-state index contributed by atoms with van der Waals surface area (Å²) in [6, 6.07) is 8.47. The van der Waals surface area contributed by atoms with E-state index >= 15 is 0 Å². The first-order valence-corrected chi connectivity index (χ1v) is 6.21. The largest absolute Gasteiger partial charge is 0.450 e. The number of hydrogen-bond acceptors (Lipinski definition) is 3. The van der Waals surface area contributed by atoms with E-state index in [0.717, 1.165) is 16.6 Å². The van der Waals surface area contributed by atoms with Crippen LogP contribution in [-0.4, -0.2) is 4.92 Å². The minimum Gasteiger partial charge on any atom is -0.450 e. The fourth-order valence-corrected chi connectivity index (χ4v) is 1.79. The van der Waals surface area contributed by atoms with Gasteiger partial charge in [-0.15, -0.1) is 0 Å². The van der Waals surface area contributed by atoms with Gasteiger partial charge in [0, 0.05) is 10.5 Å². The zero-order valence-corrected chi connectivity index (χ0v) is 11.6. The van der Waals surface area contributed by atoms with Crippen molar-refractivity contribution in [2.75, 3.05) is 0 Å². The molecule has 19 heavy (non-hydrogen) atoms. The van der Waals surface area contributed by atoms with Gasteiger partial charge in [0.1, 0.15) is 11.6 Å². The molecule has 2 rings (SSSR count). The number of nitro groups is 1. The molecule has 0 aromatic heterocycles. The molecule has 0 heterocycles. The van der Waals surface area contributed by atoms with Crippen LogP contribution in [0.25, 0.3) is 0 Å². The zero-order valence-electron chi connectivity index (χ0n) is 9.27. The summed E-state index contributed by atoms with van der Waals surface area (Å²) in [4.78, 5) is 10.1. The summed E-state index contributed by atoms with van der Waals surface area (Å²) in [5, 5.41) is 10.6. The van der Waals surface area contributed by atoms with Crippen LogP contribution in [0.1, 0.15) is 0 Å². The van der Waals surface area contributed by atoms with E-state index in [9.17, 15) is 14.5 Å². The molecule has 0 amide bonds. The second-order valence-electron chi connectivity index (χ2n) is 3.55. The Morgan fingerprint density at radius 3 is 2.47 bits per heavy atom. The topological polar surface area (TPSA) is 52.4 Å². The molecule has 0 spiro atoms. The Labute approximate surface area is 121 Å². The van der Waals surface area contributed by atoms with Crippen LogP contribution >= 0.6 is 27.5 Å². The number of benzene rings is 2. The monoisotopic (exact) mass is 345 g/mol. The van der Waals surface area contributed by atoms with Gasteiger partial charge >= 0.3 is 5.69 Å². The van der Waals surface area contributed by atoms with Crippen molar-refractivity contribution < 1.29 is 14.1 Å². The Morgan fingerprint density at radius 2 is 1.89 bits per heavy atom. The highest BCUT2D eigenvalue weighted by Gasteiger charge is 2.19. The SMILES string of the molecule is O=[N+]([O-])c1cc(F)c(Cl)cc1Oc1ccc(Br)cc1. The smallest absolute Gasteiger partial charge is 0.314 e. The molecule has 0 aliphatic carbocycles. The van der Waals surface area contributed by atoms with Gasteiger partial charge < -0.3 is 4.74 Å². The quantitative estimate of drug-likeness (QED) is 0.584. The minimum atomic E-state index is -0.864. The van der Waals surface area contributed by atoms with Crippen molar-refractivity contribution in [1.29, 1.82) is 0 Å². The number of nitro benzene ring substituents is 1. The summed E-state index contributed by atoms with van der Waals surface area (Å²) in [5.74, 6) is -0.593. The fourth-order valence-electron chi connectivity index (χ4n) is 1.37. The van der Waals surface area contributed by atoms with Crippen molar-refractivity contribution in [3.63, 3.8) is 0 Å². The number of ether oxygens (including phenoxy) is 1. The molecule has 98 valence electrons. The average Bonchev–Trinajstić information content (AvgIpc) is 2.36. The van der Waals surface area contributed by atoms with Crippen LogP contribution in [0.3, 0.4) is 0 Å². The molecule has 0 fully saturated rings. The van der Waals surface area contributed by atoms with Gasteiger partial charge in [-0.2, -0.15) is 0 Å². The van der Waals surface area contributed by atoms with Crippen LogP contribution in [0, 0.1) is 15.9 Å². The van der Waals surface area contributed by atoms with Crippen LogP contribution in [0.15, 0.2) is 40.9 Å². The van der Waals surface area contributed by atoms with E-state index in [2.05, 4.69) is 15.9 Å². The summed E-state index contributed by atoms with van der Waals surface area (Å²) < 4.78 is 19.4. The molecule has 2 aromatic carbocycles. The van der Waals surface area contributed by atoms with Gasteiger partial charge in [-0.1, -0.05) is 27.5 Å². The predicted molar refractivity (Wildman–Crippen MR) is 72.3 cm³/mol. The molecule has 0 atom stereocenters.